The molecule has 1 aromatic heterocycles. The number of oxazole rings is 1. The summed E-state index contributed by atoms with van der Waals surface area (Å²) in [5.74, 6) is 0.886. The molecule has 2 heterocycles. The van der Waals surface area contributed by atoms with Gasteiger partial charge in [0.1, 0.15) is 17.9 Å². The van der Waals surface area contributed by atoms with Crippen LogP contribution in [0.5, 0.6) is 5.75 Å². The lowest BCUT2D eigenvalue weighted by Gasteiger charge is -2.33. The van der Waals surface area contributed by atoms with E-state index in [1.165, 1.54) is 0 Å². The quantitative estimate of drug-likeness (QED) is 0.571. The fourth-order valence-corrected chi connectivity index (χ4v) is 3.19. The van der Waals surface area contributed by atoms with Crippen molar-refractivity contribution in [2.75, 3.05) is 57.4 Å². The smallest absolute Gasteiger partial charge is 0.298 e. The highest BCUT2D eigenvalue weighted by atomic mass is 16.5. The van der Waals surface area contributed by atoms with Crippen molar-refractivity contribution in [2.45, 2.75) is 0 Å². The summed E-state index contributed by atoms with van der Waals surface area (Å²) in [6, 6.07) is 18.5. The van der Waals surface area contributed by atoms with Crippen molar-refractivity contribution in [3.63, 3.8) is 0 Å². The van der Waals surface area contributed by atoms with E-state index in [9.17, 15) is 0 Å². The largest absolute Gasteiger partial charge is 0.491 e. The van der Waals surface area contributed by atoms with Gasteiger partial charge in [0.05, 0.1) is 13.2 Å². The maximum atomic E-state index is 5.86. The number of ether oxygens (including phenoxy) is 2. The third kappa shape index (κ3) is 4.78. The third-order valence-electron chi connectivity index (χ3n) is 4.72. The summed E-state index contributed by atoms with van der Waals surface area (Å²) in [6.07, 6.45) is 0. The van der Waals surface area contributed by atoms with Crippen LogP contribution in [0, 0.1) is 0 Å². The van der Waals surface area contributed by atoms with Crippen LogP contribution in [0.3, 0.4) is 0 Å². The number of anilines is 1. The molecule has 1 aliphatic rings. The highest BCUT2D eigenvalue weighted by Crippen LogP contribution is 2.22. The molecule has 27 heavy (non-hydrogen) atoms. The molecule has 3 aromatic rings. The molecule has 0 N–H and O–H groups in total. The number of nitrogens with zero attached hydrogens (tertiary/aromatic N) is 3. The van der Waals surface area contributed by atoms with Gasteiger partial charge in [-0.3, -0.25) is 4.90 Å². The summed E-state index contributed by atoms with van der Waals surface area (Å²) < 4.78 is 17.2. The van der Waals surface area contributed by atoms with Crippen molar-refractivity contribution in [3.05, 3.63) is 54.6 Å². The van der Waals surface area contributed by atoms with Gasteiger partial charge in [0, 0.05) is 32.7 Å². The van der Waals surface area contributed by atoms with Crippen LogP contribution in [0.25, 0.3) is 11.1 Å². The Balaban J connectivity index is 1.13. The summed E-state index contributed by atoms with van der Waals surface area (Å²) in [6.45, 7) is 6.67. The van der Waals surface area contributed by atoms with Gasteiger partial charge < -0.3 is 18.8 Å². The zero-order chi connectivity index (χ0) is 18.3. The molecule has 6 nitrogen and oxygen atoms in total. The summed E-state index contributed by atoms with van der Waals surface area (Å²) in [7, 11) is 0. The van der Waals surface area contributed by atoms with Crippen LogP contribution in [-0.2, 0) is 4.74 Å². The fraction of sp³-hybridized carbons (Fsp3) is 0.381. The summed E-state index contributed by atoms with van der Waals surface area (Å²) in [4.78, 5) is 9.21. The van der Waals surface area contributed by atoms with E-state index in [1.807, 2.05) is 54.6 Å². The molecule has 142 valence electrons. The molecular weight excluding hydrogens is 342 g/mol. The Kier molecular flexibility index (Phi) is 5.86. The van der Waals surface area contributed by atoms with Gasteiger partial charge in [-0.05, 0) is 24.3 Å². The van der Waals surface area contributed by atoms with Gasteiger partial charge in [-0.2, -0.15) is 4.98 Å². The van der Waals surface area contributed by atoms with E-state index >= 15 is 0 Å². The van der Waals surface area contributed by atoms with Gasteiger partial charge in [-0.1, -0.05) is 30.3 Å². The summed E-state index contributed by atoms with van der Waals surface area (Å²) in [5.41, 5.74) is 1.77. The maximum Gasteiger partial charge on any atom is 0.298 e. The van der Waals surface area contributed by atoms with Crippen molar-refractivity contribution in [3.8, 4) is 5.75 Å². The van der Waals surface area contributed by atoms with Crippen LogP contribution >= 0.6 is 0 Å². The fourth-order valence-electron chi connectivity index (χ4n) is 3.19. The Hall–Kier alpha value is -2.57. The van der Waals surface area contributed by atoms with Crippen LogP contribution in [-0.4, -0.2) is 62.4 Å². The molecule has 0 atom stereocenters. The highest BCUT2D eigenvalue weighted by molar-refractivity contribution is 5.74. The lowest BCUT2D eigenvalue weighted by molar-refractivity contribution is 0.0781. The Labute approximate surface area is 159 Å². The minimum Gasteiger partial charge on any atom is -0.491 e. The van der Waals surface area contributed by atoms with Crippen LogP contribution in [0.1, 0.15) is 0 Å². The number of hydrogen-bond donors (Lipinski definition) is 0. The minimum atomic E-state index is 0.579. The molecule has 0 radical (unpaired) electrons. The molecule has 0 amide bonds. The number of benzene rings is 2. The maximum absolute atomic E-state index is 5.86. The molecule has 0 spiro atoms. The number of rotatable bonds is 8. The number of hydrogen-bond acceptors (Lipinski definition) is 6. The first-order valence-electron chi connectivity index (χ1n) is 9.47. The molecule has 2 aromatic carbocycles. The first kappa shape index (κ1) is 17.8. The van der Waals surface area contributed by atoms with E-state index in [1.54, 1.807) is 0 Å². The molecule has 4 rings (SSSR count). The molecule has 1 fully saturated rings. The van der Waals surface area contributed by atoms with Crippen molar-refractivity contribution in [1.82, 2.24) is 9.88 Å². The second-order valence-corrected chi connectivity index (χ2v) is 6.57. The summed E-state index contributed by atoms with van der Waals surface area (Å²) >= 11 is 0. The zero-order valence-corrected chi connectivity index (χ0v) is 15.4. The van der Waals surface area contributed by atoms with E-state index in [0.717, 1.165) is 62.2 Å². The van der Waals surface area contributed by atoms with Crippen molar-refractivity contribution >= 4 is 17.1 Å². The topological polar surface area (TPSA) is 51.0 Å². The van der Waals surface area contributed by atoms with Crippen LogP contribution in [0.2, 0.25) is 0 Å². The molecule has 0 bridgehead atoms. The third-order valence-corrected chi connectivity index (χ3v) is 4.72. The van der Waals surface area contributed by atoms with Crippen LogP contribution in [0.4, 0.5) is 6.01 Å². The molecule has 1 aliphatic heterocycles. The Morgan fingerprint density at radius 1 is 0.852 bits per heavy atom. The van der Waals surface area contributed by atoms with Crippen molar-refractivity contribution in [2.24, 2.45) is 0 Å². The first-order chi connectivity index (χ1) is 13.4. The van der Waals surface area contributed by atoms with Crippen LogP contribution < -0.4 is 9.64 Å². The second kappa shape index (κ2) is 8.88. The van der Waals surface area contributed by atoms with Gasteiger partial charge >= 0.3 is 0 Å². The van der Waals surface area contributed by atoms with Crippen LogP contribution in [0.15, 0.2) is 59.0 Å². The van der Waals surface area contributed by atoms with E-state index < -0.39 is 0 Å². The molecular formula is C21H25N3O3. The molecule has 1 saturated heterocycles. The molecule has 0 saturated carbocycles. The molecule has 0 unspecified atom stereocenters. The normalized spacial score (nSPS) is 15.3. The standard InChI is InChI=1S/C21H25N3O3/c1-2-6-18(7-3-1)26-17-16-25-15-14-23-10-12-24(13-11-23)21-22-19-8-4-5-9-20(19)27-21/h1-9H,10-17H2. The number of aromatic nitrogens is 1. The molecule has 0 aliphatic carbocycles. The lowest BCUT2D eigenvalue weighted by atomic mass is 10.3. The average Bonchev–Trinajstić information content (AvgIpc) is 3.16. The van der Waals surface area contributed by atoms with Crippen molar-refractivity contribution in [1.29, 1.82) is 0 Å². The molecule has 6 heteroatoms. The predicted molar refractivity (Wildman–Crippen MR) is 105 cm³/mol. The van der Waals surface area contributed by atoms with E-state index in [0.29, 0.717) is 13.2 Å². The minimum absolute atomic E-state index is 0.579. The summed E-state index contributed by atoms with van der Waals surface area (Å²) in [5, 5.41) is 0. The highest BCUT2D eigenvalue weighted by Gasteiger charge is 2.20. The van der Waals surface area contributed by atoms with E-state index in [-0.39, 0.29) is 0 Å². The number of fused-ring (bicyclic) bond motifs is 1. The first-order valence-corrected chi connectivity index (χ1v) is 9.47. The van der Waals surface area contributed by atoms with Gasteiger partial charge in [-0.25, -0.2) is 0 Å². The van der Waals surface area contributed by atoms with Gasteiger partial charge in [0.15, 0.2) is 5.58 Å². The van der Waals surface area contributed by atoms with E-state index in [4.69, 9.17) is 13.9 Å². The van der Waals surface area contributed by atoms with Gasteiger partial charge in [-0.15, -0.1) is 0 Å². The van der Waals surface area contributed by atoms with Crippen molar-refractivity contribution < 1.29 is 13.9 Å². The lowest BCUT2D eigenvalue weighted by Crippen LogP contribution is -2.47. The predicted octanol–water partition coefficient (Wildman–Crippen LogP) is 3.05. The van der Waals surface area contributed by atoms with E-state index in [2.05, 4.69) is 14.8 Å². The Morgan fingerprint density at radius 3 is 2.44 bits per heavy atom. The number of para-hydroxylation sites is 3. The Bertz CT molecular complexity index is 796. The average molecular weight is 367 g/mol. The monoisotopic (exact) mass is 367 g/mol. The van der Waals surface area contributed by atoms with Gasteiger partial charge in [0.2, 0.25) is 0 Å². The van der Waals surface area contributed by atoms with Gasteiger partial charge in [0.25, 0.3) is 6.01 Å². The Morgan fingerprint density at radius 2 is 1.63 bits per heavy atom. The number of piperazine rings is 1. The SMILES string of the molecule is c1ccc(OCCOCCN2CCN(c3nc4ccccc4o3)CC2)cc1. The zero-order valence-electron chi connectivity index (χ0n) is 15.4. The second-order valence-electron chi connectivity index (χ2n) is 6.57.